The van der Waals surface area contributed by atoms with Crippen molar-refractivity contribution in [3.05, 3.63) is 0 Å². The third kappa shape index (κ3) is 4.02. The van der Waals surface area contributed by atoms with Crippen LogP contribution in [-0.4, -0.2) is 5.54 Å². The van der Waals surface area contributed by atoms with E-state index < -0.39 is 0 Å². The average Bonchev–Trinajstić information content (AvgIpc) is 1.89. The zero-order valence-corrected chi connectivity index (χ0v) is 6.52. The fourth-order valence-electron chi connectivity index (χ4n) is 0.656. The first kappa shape index (κ1) is 9.09. The number of nitrogens with one attached hydrogen (secondary N) is 1. The fourth-order valence-corrected chi connectivity index (χ4v) is 0.656. The highest BCUT2D eigenvalue weighted by Crippen LogP contribution is 2.16. The predicted molar refractivity (Wildman–Crippen MR) is 38.7 cm³/mol. The van der Waals surface area contributed by atoms with Gasteiger partial charge in [0.15, 0.2) is 0 Å². The molecule has 56 valence electrons. The van der Waals surface area contributed by atoms with E-state index in [2.05, 4.69) is 11.2 Å². The molecule has 0 aromatic heterocycles. The fraction of sp³-hybridized carbons (Fsp3) is 0.857. The monoisotopic (exact) mass is 139 g/mol. The van der Waals surface area contributed by atoms with Gasteiger partial charge in [0.1, 0.15) is 0 Å². The minimum Gasteiger partial charge on any atom is -0.209 e. The van der Waals surface area contributed by atoms with Crippen LogP contribution >= 0.6 is 0 Å². The van der Waals surface area contributed by atoms with Gasteiger partial charge in [-0.1, -0.05) is 0 Å². The smallest absolute Gasteiger partial charge is 0.0757 e. The van der Waals surface area contributed by atoms with Crippen molar-refractivity contribution in [1.29, 1.82) is 10.8 Å². The Balaban J connectivity index is 3.49. The van der Waals surface area contributed by atoms with E-state index >= 15 is 0 Å². The molecule has 10 heavy (non-hydrogen) atoms. The molecule has 3 heteroatoms. The number of hydrogen-bond acceptors (Lipinski definition) is 3. The van der Waals surface area contributed by atoms with E-state index in [1.807, 2.05) is 13.8 Å². The van der Waals surface area contributed by atoms with Crippen LogP contribution in [0, 0.1) is 16.9 Å². The summed E-state index contributed by atoms with van der Waals surface area (Å²) in [6, 6.07) is 2.06. The van der Waals surface area contributed by atoms with Crippen molar-refractivity contribution < 1.29 is 0 Å². The zero-order valence-electron chi connectivity index (χ0n) is 6.52. The Bertz CT molecular complexity index is 143. The molecule has 0 spiro atoms. The topological polar surface area (TPSA) is 60.0 Å². The maximum absolute atomic E-state index is 8.21. The van der Waals surface area contributed by atoms with Gasteiger partial charge in [0.25, 0.3) is 0 Å². The Morgan fingerprint density at radius 2 is 2.20 bits per heavy atom. The summed E-state index contributed by atoms with van der Waals surface area (Å²) in [5.41, 5.74) is 6.52. The van der Waals surface area contributed by atoms with Gasteiger partial charge in [0, 0.05) is 6.42 Å². The number of hydrogen-bond donors (Lipinski definition) is 1. The molecule has 0 aromatic rings. The lowest BCUT2D eigenvalue weighted by atomic mass is 9.99. The van der Waals surface area contributed by atoms with Crippen LogP contribution in [0.1, 0.15) is 33.1 Å². The van der Waals surface area contributed by atoms with Crippen molar-refractivity contribution in [2.75, 3.05) is 0 Å². The molecule has 3 nitrogen and oxygen atoms in total. The molecule has 0 radical (unpaired) electrons. The molecule has 0 saturated heterocycles. The summed E-state index contributed by atoms with van der Waals surface area (Å²) < 4.78 is 0. The highest BCUT2D eigenvalue weighted by Gasteiger charge is 2.14. The van der Waals surface area contributed by atoms with Crippen molar-refractivity contribution >= 4 is 0 Å². The number of nitrogens with zero attached hydrogens (tertiary/aromatic N) is 2. The maximum Gasteiger partial charge on any atom is 0.0757 e. The van der Waals surface area contributed by atoms with Crippen LogP contribution in [0.4, 0.5) is 0 Å². The number of unbranched alkanes of at least 4 members (excludes halogenated alkanes) is 1. The van der Waals surface area contributed by atoms with E-state index in [1.54, 1.807) is 0 Å². The van der Waals surface area contributed by atoms with Gasteiger partial charge in [0.05, 0.1) is 11.6 Å². The normalized spacial score (nSPS) is 10.5. The average molecular weight is 139 g/mol. The summed E-state index contributed by atoms with van der Waals surface area (Å²) in [5, 5.41) is 11.6. The van der Waals surface area contributed by atoms with Gasteiger partial charge in [-0.05, 0) is 26.7 Å². The summed E-state index contributed by atoms with van der Waals surface area (Å²) in [6.07, 6.45) is 2.23. The largest absolute Gasteiger partial charge is 0.209 e. The first-order valence-corrected chi connectivity index (χ1v) is 3.38. The van der Waals surface area contributed by atoms with Gasteiger partial charge < -0.3 is 0 Å². The maximum atomic E-state index is 8.21. The Kier molecular flexibility index (Phi) is 3.63. The number of nitriles is 1. The van der Waals surface area contributed by atoms with E-state index in [1.165, 1.54) is 0 Å². The van der Waals surface area contributed by atoms with E-state index in [9.17, 15) is 0 Å². The minimum atomic E-state index is -0.267. The summed E-state index contributed by atoms with van der Waals surface area (Å²) in [5.74, 6) is 0. The Labute approximate surface area is 61.6 Å². The minimum absolute atomic E-state index is 0.267. The standard InChI is InChI=1S/C7H13N3/c1-7(2,10-9)5-3-4-6-8/h9H,3-5H2,1-2H3. The quantitative estimate of drug-likeness (QED) is 0.472. The first-order valence-electron chi connectivity index (χ1n) is 3.38. The molecular weight excluding hydrogens is 126 g/mol. The van der Waals surface area contributed by atoms with Crippen LogP contribution in [0.2, 0.25) is 0 Å². The summed E-state index contributed by atoms with van der Waals surface area (Å²) in [6.45, 7) is 3.80. The van der Waals surface area contributed by atoms with Gasteiger partial charge in [-0.2, -0.15) is 10.4 Å². The molecule has 0 heterocycles. The second-order valence-electron chi connectivity index (χ2n) is 2.94. The highest BCUT2D eigenvalue weighted by molar-refractivity contribution is 4.77. The van der Waals surface area contributed by atoms with Crippen LogP contribution in [0.25, 0.3) is 0 Å². The molecule has 0 bridgehead atoms. The van der Waals surface area contributed by atoms with Crippen molar-refractivity contribution in [2.45, 2.75) is 38.6 Å². The second-order valence-corrected chi connectivity index (χ2v) is 2.94. The lowest BCUT2D eigenvalue weighted by Crippen LogP contribution is -2.14. The molecule has 0 unspecified atom stereocenters. The van der Waals surface area contributed by atoms with Gasteiger partial charge >= 0.3 is 0 Å². The molecule has 0 saturated carbocycles. The van der Waals surface area contributed by atoms with Gasteiger partial charge in [-0.25, -0.2) is 5.53 Å². The molecule has 1 N–H and O–H groups in total. The van der Waals surface area contributed by atoms with E-state index in [4.69, 9.17) is 10.8 Å². The molecule has 0 aliphatic rings. The SMILES string of the molecule is CC(C)(CCCC#N)N=N. The summed E-state index contributed by atoms with van der Waals surface area (Å²) in [7, 11) is 0. The Morgan fingerprint density at radius 1 is 1.60 bits per heavy atom. The lowest BCUT2D eigenvalue weighted by Gasteiger charge is -2.14. The molecule has 0 aliphatic carbocycles. The molecule has 0 aromatic carbocycles. The Morgan fingerprint density at radius 3 is 2.60 bits per heavy atom. The predicted octanol–water partition coefficient (Wildman–Crippen LogP) is 2.49. The number of rotatable bonds is 4. The highest BCUT2D eigenvalue weighted by atomic mass is 15.0. The summed E-state index contributed by atoms with van der Waals surface area (Å²) >= 11 is 0. The lowest BCUT2D eigenvalue weighted by molar-refractivity contribution is 0.435. The van der Waals surface area contributed by atoms with Crippen molar-refractivity contribution in [1.82, 2.24) is 0 Å². The third-order valence-corrected chi connectivity index (χ3v) is 1.38. The van der Waals surface area contributed by atoms with Crippen molar-refractivity contribution in [3.8, 4) is 6.07 Å². The second kappa shape index (κ2) is 3.99. The summed E-state index contributed by atoms with van der Waals surface area (Å²) in [4.78, 5) is 0. The third-order valence-electron chi connectivity index (χ3n) is 1.38. The molecule has 0 amide bonds. The molecule has 0 fully saturated rings. The van der Waals surface area contributed by atoms with Crippen molar-refractivity contribution in [2.24, 2.45) is 5.11 Å². The van der Waals surface area contributed by atoms with E-state index in [0.717, 1.165) is 12.8 Å². The first-order chi connectivity index (χ1) is 4.62. The van der Waals surface area contributed by atoms with Crippen LogP contribution < -0.4 is 0 Å². The van der Waals surface area contributed by atoms with Crippen LogP contribution in [0.5, 0.6) is 0 Å². The van der Waals surface area contributed by atoms with Gasteiger partial charge in [0.2, 0.25) is 0 Å². The van der Waals surface area contributed by atoms with Gasteiger partial charge in [-0.3, -0.25) is 0 Å². The molecule has 0 aliphatic heterocycles. The van der Waals surface area contributed by atoms with Crippen molar-refractivity contribution in [3.63, 3.8) is 0 Å². The Hall–Kier alpha value is -0.910. The van der Waals surface area contributed by atoms with E-state index in [-0.39, 0.29) is 5.54 Å². The van der Waals surface area contributed by atoms with Crippen LogP contribution in [-0.2, 0) is 0 Å². The van der Waals surface area contributed by atoms with Crippen LogP contribution in [0.3, 0.4) is 0 Å². The molecule has 0 atom stereocenters. The van der Waals surface area contributed by atoms with Gasteiger partial charge in [-0.15, -0.1) is 0 Å². The van der Waals surface area contributed by atoms with Crippen LogP contribution in [0.15, 0.2) is 5.11 Å². The van der Waals surface area contributed by atoms with E-state index in [0.29, 0.717) is 6.42 Å². The molecular formula is C7H13N3. The zero-order chi connectivity index (χ0) is 8.04. The molecule has 0 rings (SSSR count).